The van der Waals surface area contributed by atoms with E-state index in [1.807, 2.05) is 0 Å². The van der Waals surface area contributed by atoms with Gasteiger partial charge in [-0.15, -0.1) is 0 Å². The van der Waals surface area contributed by atoms with E-state index in [1.165, 1.54) is 51.4 Å². The van der Waals surface area contributed by atoms with E-state index in [9.17, 15) is 0 Å². The minimum atomic E-state index is 0. The van der Waals surface area contributed by atoms with Gasteiger partial charge in [-0.2, -0.15) is 0 Å². The van der Waals surface area contributed by atoms with E-state index < -0.39 is 0 Å². The molecule has 0 N–H and O–H groups in total. The Kier molecular flexibility index (Phi) is 17.9. The van der Waals surface area contributed by atoms with E-state index in [1.54, 1.807) is 0 Å². The summed E-state index contributed by atoms with van der Waals surface area (Å²) >= 11 is 0. The van der Waals surface area contributed by atoms with Crippen molar-refractivity contribution in [3.8, 4) is 0 Å². The van der Waals surface area contributed by atoms with Gasteiger partial charge in [0.15, 0.2) is 0 Å². The fourth-order valence-electron chi connectivity index (χ4n) is 1.21. The summed E-state index contributed by atoms with van der Waals surface area (Å²) in [5.41, 5.74) is 0. The Balaban J connectivity index is 0. The van der Waals surface area contributed by atoms with Crippen LogP contribution in [0.1, 0.15) is 65.2 Å². The van der Waals surface area contributed by atoms with Crippen LogP contribution in [0.2, 0.25) is 0 Å². The Bertz CT molecular complexity index is 44.8. The van der Waals surface area contributed by atoms with E-state index in [-0.39, 0.29) is 29.6 Å². The molecule has 64 valence electrons. The van der Waals surface area contributed by atoms with E-state index >= 15 is 0 Å². The van der Waals surface area contributed by atoms with Gasteiger partial charge in [-0.05, 0) is 0 Å². The maximum atomic E-state index is 2.27. The van der Waals surface area contributed by atoms with Crippen LogP contribution in [-0.2, 0) is 0 Å². The molecular weight excluding hydrogens is 143 g/mol. The van der Waals surface area contributed by atoms with Gasteiger partial charge in [-0.3, -0.25) is 0 Å². The molecular formula is C10H23Na. The molecule has 0 aromatic rings. The standard InChI is InChI=1S/C10H22.Na.H/c1-3-5-7-9-10-8-6-4-2;;/h3-10H2,1-2H3;;. The summed E-state index contributed by atoms with van der Waals surface area (Å²) in [6, 6.07) is 0. The molecule has 0 atom stereocenters. The van der Waals surface area contributed by atoms with E-state index in [0.29, 0.717) is 0 Å². The second-order valence-corrected chi connectivity index (χ2v) is 3.12. The third-order valence-electron chi connectivity index (χ3n) is 1.96. The predicted octanol–water partition coefficient (Wildman–Crippen LogP) is 3.50. The molecule has 1 heteroatoms. The van der Waals surface area contributed by atoms with Crippen LogP contribution in [0.15, 0.2) is 0 Å². The summed E-state index contributed by atoms with van der Waals surface area (Å²) in [4.78, 5) is 0. The van der Waals surface area contributed by atoms with Gasteiger partial charge < -0.3 is 0 Å². The number of hydrogen-bond acceptors (Lipinski definition) is 0. The zero-order valence-corrected chi connectivity index (χ0v) is 7.66. The summed E-state index contributed by atoms with van der Waals surface area (Å²) in [6.07, 6.45) is 11.5. The first-order chi connectivity index (χ1) is 4.91. The zero-order valence-electron chi connectivity index (χ0n) is 7.66. The molecule has 11 heavy (non-hydrogen) atoms. The molecule has 0 aliphatic rings. The molecule has 0 nitrogen and oxygen atoms in total. The Morgan fingerprint density at radius 3 is 1.09 bits per heavy atom. The quantitative estimate of drug-likeness (QED) is 0.401. The van der Waals surface area contributed by atoms with Gasteiger partial charge >= 0.3 is 29.6 Å². The van der Waals surface area contributed by atoms with Gasteiger partial charge in [-0.1, -0.05) is 65.2 Å². The molecule has 0 unspecified atom stereocenters. The van der Waals surface area contributed by atoms with Crippen molar-refractivity contribution in [1.29, 1.82) is 0 Å². The van der Waals surface area contributed by atoms with Gasteiger partial charge in [-0.25, -0.2) is 0 Å². The topological polar surface area (TPSA) is 0 Å². The fourth-order valence-corrected chi connectivity index (χ4v) is 1.21. The summed E-state index contributed by atoms with van der Waals surface area (Å²) < 4.78 is 0. The number of unbranched alkanes of at least 4 members (excludes halogenated alkanes) is 7. The van der Waals surface area contributed by atoms with Crippen molar-refractivity contribution in [2.24, 2.45) is 0 Å². The van der Waals surface area contributed by atoms with Crippen molar-refractivity contribution in [1.82, 2.24) is 0 Å². The summed E-state index contributed by atoms with van der Waals surface area (Å²) in [5.74, 6) is 0. The molecule has 0 radical (unpaired) electrons. The van der Waals surface area contributed by atoms with E-state index in [4.69, 9.17) is 0 Å². The average molecular weight is 166 g/mol. The van der Waals surface area contributed by atoms with Gasteiger partial charge in [0, 0.05) is 0 Å². The van der Waals surface area contributed by atoms with Gasteiger partial charge in [0.2, 0.25) is 0 Å². The predicted molar refractivity (Wildman–Crippen MR) is 55.4 cm³/mol. The molecule has 0 aliphatic heterocycles. The Morgan fingerprint density at radius 2 is 0.818 bits per heavy atom. The fraction of sp³-hybridized carbons (Fsp3) is 1.00. The van der Waals surface area contributed by atoms with E-state index in [2.05, 4.69) is 13.8 Å². The minimum absolute atomic E-state index is 0. The van der Waals surface area contributed by atoms with Crippen LogP contribution in [0.3, 0.4) is 0 Å². The third kappa shape index (κ3) is 13.9. The van der Waals surface area contributed by atoms with Crippen LogP contribution in [0, 0.1) is 0 Å². The molecule has 0 aliphatic carbocycles. The van der Waals surface area contributed by atoms with E-state index in [0.717, 1.165) is 0 Å². The maximum absolute atomic E-state index is 2.27. The first-order valence-electron chi connectivity index (χ1n) is 4.91. The van der Waals surface area contributed by atoms with Crippen LogP contribution in [0.5, 0.6) is 0 Å². The SMILES string of the molecule is CCCCCCCCCC.[NaH]. The molecule has 0 saturated heterocycles. The monoisotopic (exact) mass is 166 g/mol. The molecule has 0 rings (SSSR count). The van der Waals surface area contributed by atoms with Crippen molar-refractivity contribution in [3.63, 3.8) is 0 Å². The Labute approximate surface area is 94.4 Å². The molecule has 0 aromatic carbocycles. The van der Waals surface area contributed by atoms with Gasteiger partial charge in [0.05, 0.1) is 0 Å². The summed E-state index contributed by atoms with van der Waals surface area (Å²) in [6.45, 7) is 4.54. The van der Waals surface area contributed by atoms with Crippen molar-refractivity contribution in [2.45, 2.75) is 65.2 Å². The number of rotatable bonds is 7. The van der Waals surface area contributed by atoms with Crippen molar-refractivity contribution < 1.29 is 0 Å². The van der Waals surface area contributed by atoms with Crippen LogP contribution in [-0.4, -0.2) is 29.6 Å². The average Bonchev–Trinajstić information content (AvgIpc) is 1.97. The second kappa shape index (κ2) is 13.6. The van der Waals surface area contributed by atoms with Crippen molar-refractivity contribution in [3.05, 3.63) is 0 Å². The van der Waals surface area contributed by atoms with Crippen LogP contribution >= 0.6 is 0 Å². The molecule has 0 spiro atoms. The molecule has 0 amide bonds. The summed E-state index contributed by atoms with van der Waals surface area (Å²) in [5, 5.41) is 0. The molecule has 0 heterocycles. The Morgan fingerprint density at radius 1 is 0.545 bits per heavy atom. The van der Waals surface area contributed by atoms with Crippen LogP contribution in [0.25, 0.3) is 0 Å². The number of hydrogen-bond donors (Lipinski definition) is 0. The summed E-state index contributed by atoms with van der Waals surface area (Å²) in [7, 11) is 0. The molecule has 0 fully saturated rings. The van der Waals surface area contributed by atoms with Gasteiger partial charge in [0.1, 0.15) is 0 Å². The first kappa shape index (κ1) is 14.5. The first-order valence-corrected chi connectivity index (χ1v) is 4.91. The van der Waals surface area contributed by atoms with Crippen molar-refractivity contribution in [2.75, 3.05) is 0 Å². The van der Waals surface area contributed by atoms with Crippen LogP contribution < -0.4 is 0 Å². The third-order valence-corrected chi connectivity index (χ3v) is 1.96. The van der Waals surface area contributed by atoms with Crippen molar-refractivity contribution >= 4 is 29.6 Å². The van der Waals surface area contributed by atoms with Crippen LogP contribution in [0.4, 0.5) is 0 Å². The normalized spacial score (nSPS) is 9.27. The molecule has 0 saturated carbocycles. The molecule has 0 aromatic heterocycles. The zero-order chi connectivity index (χ0) is 7.66. The Hall–Kier alpha value is 1.00. The molecule has 0 bridgehead atoms. The second-order valence-electron chi connectivity index (χ2n) is 3.12. The van der Waals surface area contributed by atoms with Gasteiger partial charge in [0.25, 0.3) is 0 Å².